The summed E-state index contributed by atoms with van der Waals surface area (Å²) < 4.78 is 5.35. The Kier molecular flexibility index (Phi) is 4.28. The highest BCUT2D eigenvalue weighted by Gasteiger charge is 2.39. The molecule has 0 aliphatic carbocycles. The number of nitrogens with one attached hydrogen (secondary N) is 1. The van der Waals surface area contributed by atoms with Crippen LogP contribution in [0.5, 0.6) is 0 Å². The first kappa shape index (κ1) is 14.5. The SMILES string of the molecule is CCc1sc(C(=O)NCC2(O)CCOC2C)cc1C. The Bertz CT molecular complexity index is 471. The molecule has 1 fully saturated rings. The number of amides is 1. The van der Waals surface area contributed by atoms with Crippen molar-refractivity contribution in [1.82, 2.24) is 5.32 Å². The predicted molar refractivity (Wildman–Crippen MR) is 75.7 cm³/mol. The molecular weight excluding hydrogens is 262 g/mol. The Morgan fingerprint density at radius 3 is 2.95 bits per heavy atom. The largest absolute Gasteiger partial charge is 0.385 e. The molecule has 5 heteroatoms. The third kappa shape index (κ3) is 2.99. The molecule has 0 aromatic carbocycles. The maximum Gasteiger partial charge on any atom is 0.261 e. The number of carbonyl (C=O) groups excluding carboxylic acids is 1. The molecule has 0 bridgehead atoms. The van der Waals surface area contributed by atoms with E-state index in [0.29, 0.717) is 17.9 Å². The summed E-state index contributed by atoms with van der Waals surface area (Å²) in [5.74, 6) is -0.111. The van der Waals surface area contributed by atoms with E-state index in [2.05, 4.69) is 12.2 Å². The third-order valence-corrected chi connectivity index (χ3v) is 5.16. The van der Waals surface area contributed by atoms with Gasteiger partial charge in [-0.3, -0.25) is 4.79 Å². The molecule has 2 heterocycles. The van der Waals surface area contributed by atoms with Crippen LogP contribution in [0.1, 0.15) is 40.4 Å². The zero-order valence-corrected chi connectivity index (χ0v) is 12.5. The summed E-state index contributed by atoms with van der Waals surface area (Å²) in [7, 11) is 0. The average Bonchev–Trinajstić information content (AvgIpc) is 2.91. The molecular formula is C14H21NO3S. The lowest BCUT2D eigenvalue weighted by Gasteiger charge is -2.25. The fraction of sp³-hybridized carbons (Fsp3) is 0.643. The Balaban J connectivity index is 1.97. The van der Waals surface area contributed by atoms with Crippen molar-refractivity contribution in [3.05, 3.63) is 21.4 Å². The molecule has 2 unspecified atom stereocenters. The monoisotopic (exact) mass is 283 g/mol. The van der Waals surface area contributed by atoms with E-state index in [1.165, 1.54) is 16.2 Å². The van der Waals surface area contributed by atoms with Crippen LogP contribution in [0.15, 0.2) is 6.07 Å². The Morgan fingerprint density at radius 1 is 1.68 bits per heavy atom. The van der Waals surface area contributed by atoms with Crippen LogP contribution in [0.3, 0.4) is 0 Å². The second kappa shape index (κ2) is 5.61. The van der Waals surface area contributed by atoms with Gasteiger partial charge in [0.25, 0.3) is 5.91 Å². The minimum absolute atomic E-state index is 0.111. The quantitative estimate of drug-likeness (QED) is 0.887. The van der Waals surface area contributed by atoms with E-state index >= 15 is 0 Å². The van der Waals surface area contributed by atoms with Gasteiger partial charge in [-0.2, -0.15) is 0 Å². The van der Waals surface area contributed by atoms with Gasteiger partial charge in [0.1, 0.15) is 5.60 Å². The molecule has 0 radical (unpaired) electrons. The first-order valence-corrected chi connectivity index (χ1v) is 7.49. The highest BCUT2D eigenvalue weighted by atomic mass is 32.1. The van der Waals surface area contributed by atoms with Crippen molar-refractivity contribution in [2.24, 2.45) is 0 Å². The average molecular weight is 283 g/mol. The number of ether oxygens (including phenoxy) is 1. The summed E-state index contributed by atoms with van der Waals surface area (Å²) in [6.45, 7) is 6.73. The van der Waals surface area contributed by atoms with Gasteiger partial charge in [-0.15, -0.1) is 11.3 Å². The number of aryl methyl sites for hydroxylation is 2. The Morgan fingerprint density at radius 2 is 2.42 bits per heavy atom. The molecule has 1 aliphatic heterocycles. The number of hydrogen-bond donors (Lipinski definition) is 2. The van der Waals surface area contributed by atoms with Crippen LogP contribution in [-0.2, 0) is 11.2 Å². The molecule has 106 valence electrons. The van der Waals surface area contributed by atoms with Crippen molar-refractivity contribution in [2.45, 2.75) is 45.3 Å². The summed E-state index contributed by atoms with van der Waals surface area (Å²) in [5, 5.41) is 13.1. The van der Waals surface area contributed by atoms with E-state index in [1.807, 2.05) is 19.9 Å². The fourth-order valence-corrected chi connectivity index (χ4v) is 3.34. The standard InChI is InChI=1S/C14H21NO3S/c1-4-11-9(2)7-12(19-11)13(16)15-8-14(17)5-6-18-10(14)3/h7,10,17H,4-6,8H2,1-3H3,(H,15,16). The van der Waals surface area contributed by atoms with Crippen molar-refractivity contribution in [3.8, 4) is 0 Å². The first-order valence-electron chi connectivity index (χ1n) is 6.68. The molecule has 1 aromatic heterocycles. The number of carbonyl (C=O) groups is 1. The number of hydrogen-bond acceptors (Lipinski definition) is 4. The number of aliphatic hydroxyl groups is 1. The third-order valence-electron chi connectivity index (χ3n) is 3.78. The van der Waals surface area contributed by atoms with Crippen LogP contribution in [0, 0.1) is 6.92 Å². The maximum atomic E-state index is 12.1. The summed E-state index contributed by atoms with van der Waals surface area (Å²) >= 11 is 1.52. The second-order valence-electron chi connectivity index (χ2n) is 5.12. The van der Waals surface area contributed by atoms with Gasteiger partial charge >= 0.3 is 0 Å². The van der Waals surface area contributed by atoms with Crippen LogP contribution in [0.2, 0.25) is 0 Å². The first-order chi connectivity index (χ1) is 8.96. The number of rotatable bonds is 4. The Hall–Kier alpha value is -0.910. The van der Waals surface area contributed by atoms with Gasteiger partial charge in [-0.25, -0.2) is 0 Å². The van der Waals surface area contributed by atoms with Gasteiger partial charge in [-0.05, 0) is 31.9 Å². The minimum Gasteiger partial charge on any atom is -0.385 e. The predicted octanol–water partition coefficient (Wildman–Crippen LogP) is 1.89. The van der Waals surface area contributed by atoms with Crippen LogP contribution in [0.4, 0.5) is 0 Å². The zero-order chi connectivity index (χ0) is 14.0. The molecule has 1 aliphatic rings. The molecule has 1 saturated heterocycles. The fourth-order valence-electron chi connectivity index (χ4n) is 2.31. The molecule has 2 rings (SSSR count). The van der Waals surface area contributed by atoms with E-state index < -0.39 is 5.60 Å². The van der Waals surface area contributed by atoms with Crippen molar-refractivity contribution < 1.29 is 14.6 Å². The second-order valence-corrected chi connectivity index (χ2v) is 6.26. The van der Waals surface area contributed by atoms with Crippen molar-refractivity contribution in [3.63, 3.8) is 0 Å². The van der Waals surface area contributed by atoms with Gasteiger partial charge in [0.2, 0.25) is 0 Å². The van der Waals surface area contributed by atoms with Gasteiger partial charge < -0.3 is 15.2 Å². The van der Waals surface area contributed by atoms with Crippen LogP contribution < -0.4 is 5.32 Å². The smallest absolute Gasteiger partial charge is 0.261 e. The van der Waals surface area contributed by atoms with Gasteiger partial charge in [-0.1, -0.05) is 6.92 Å². The molecule has 4 nitrogen and oxygen atoms in total. The molecule has 1 aromatic rings. The summed E-state index contributed by atoms with van der Waals surface area (Å²) in [4.78, 5) is 14.0. The summed E-state index contributed by atoms with van der Waals surface area (Å²) in [6, 6.07) is 1.91. The van der Waals surface area contributed by atoms with E-state index in [4.69, 9.17) is 4.74 Å². The molecule has 2 N–H and O–H groups in total. The molecule has 0 saturated carbocycles. The number of thiophene rings is 1. The highest BCUT2D eigenvalue weighted by molar-refractivity contribution is 7.14. The van der Waals surface area contributed by atoms with Gasteiger partial charge in [0, 0.05) is 24.4 Å². The lowest BCUT2D eigenvalue weighted by Crippen LogP contribution is -2.47. The van der Waals surface area contributed by atoms with Crippen LogP contribution >= 0.6 is 11.3 Å². The minimum atomic E-state index is -0.935. The van der Waals surface area contributed by atoms with E-state index in [0.717, 1.165) is 12.0 Å². The van der Waals surface area contributed by atoms with Crippen molar-refractivity contribution >= 4 is 17.2 Å². The van der Waals surface area contributed by atoms with E-state index in [9.17, 15) is 9.90 Å². The normalized spacial score (nSPS) is 26.6. The molecule has 1 amide bonds. The zero-order valence-electron chi connectivity index (χ0n) is 11.7. The molecule has 2 atom stereocenters. The molecule has 19 heavy (non-hydrogen) atoms. The highest BCUT2D eigenvalue weighted by Crippen LogP contribution is 2.26. The van der Waals surface area contributed by atoms with E-state index in [-0.39, 0.29) is 18.6 Å². The van der Waals surface area contributed by atoms with Crippen molar-refractivity contribution in [1.29, 1.82) is 0 Å². The topological polar surface area (TPSA) is 58.6 Å². The lowest BCUT2D eigenvalue weighted by atomic mass is 9.97. The van der Waals surface area contributed by atoms with E-state index in [1.54, 1.807) is 0 Å². The summed E-state index contributed by atoms with van der Waals surface area (Å²) in [6.07, 6.45) is 1.28. The lowest BCUT2D eigenvalue weighted by molar-refractivity contribution is -0.0251. The Labute approximate surface area is 117 Å². The summed E-state index contributed by atoms with van der Waals surface area (Å²) in [5.41, 5.74) is 0.226. The van der Waals surface area contributed by atoms with Gasteiger partial charge in [0.05, 0.1) is 11.0 Å². The molecule has 0 spiro atoms. The van der Waals surface area contributed by atoms with Crippen LogP contribution in [0.25, 0.3) is 0 Å². The van der Waals surface area contributed by atoms with Crippen molar-refractivity contribution in [2.75, 3.05) is 13.2 Å². The van der Waals surface area contributed by atoms with Gasteiger partial charge in [0.15, 0.2) is 0 Å². The maximum absolute atomic E-state index is 12.1. The van der Waals surface area contributed by atoms with Crippen LogP contribution in [-0.4, -0.2) is 35.9 Å².